The van der Waals surface area contributed by atoms with Gasteiger partial charge in [-0.3, -0.25) is 9.36 Å². The Morgan fingerprint density at radius 1 is 1.17 bits per heavy atom. The molecule has 4 aromatic rings. The van der Waals surface area contributed by atoms with Gasteiger partial charge in [0.15, 0.2) is 0 Å². The molecular weight excluding hydrogens is 306 g/mol. The van der Waals surface area contributed by atoms with E-state index in [1.54, 1.807) is 36.1 Å². The van der Waals surface area contributed by atoms with Gasteiger partial charge >= 0.3 is 0 Å². The molecule has 0 bridgehead atoms. The number of carbonyl (C=O) groups is 1. The van der Waals surface area contributed by atoms with Gasteiger partial charge in [-0.2, -0.15) is 5.21 Å². The predicted octanol–water partition coefficient (Wildman–Crippen LogP) is 2.52. The van der Waals surface area contributed by atoms with Crippen LogP contribution < -0.4 is 4.74 Å². The van der Waals surface area contributed by atoms with Crippen LogP contribution in [0.5, 0.6) is 5.75 Å². The molecular formula is C17H13N5O2. The van der Waals surface area contributed by atoms with Gasteiger partial charge in [0, 0.05) is 22.7 Å². The van der Waals surface area contributed by atoms with Crippen LogP contribution >= 0.6 is 0 Å². The fourth-order valence-corrected chi connectivity index (χ4v) is 2.64. The van der Waals surface area contributed by atoms with Crippen LogP contribution in [-0.2, 0) is 0 Å². The summed E-state index contributed by atoms with van der Waals surface area (Å²) in [6.07, 6.45) is 1.76. The Morgan fingerprint density at radius 2 is 2.08 bits per heavy atom. The molecule has 2 aromatic heterocycles. The van der Waals surface area contributed by atoms with Gasteiger partial charge in [-0.1, -0.05) is 6.07 Å². The van der Waals surface area contributed by atoms with Crippen LogP contribution in [0.4, 0.5) is 0 Å². The van der Waals surface area contributed by atoms with E-state index in [-0.39, 0.29) is 5.91 Å². The highest BCUT2D eigenvalue weighted by Crippen LogP contribution is 2.24. The van der Waals surface area contributed by atoms with Gasteiger partial charge in [-0.15, -0.1) is 10.2 Å². The second-order valence-electron chi connectivity index (χ2n) is 5.23. The van der Waals surface area contributed by atoms with Crippen molar-refractivity contribution in [1.82, 2.24) is 25.2 Å². The summed E-state index contributed by atoms with van der Waals surface area (Å²) in [6, 6.07) is 14.6. The third-order valence-corrected chi connectivity index (χ3v) is 3.83. The molecule has 24 heavy (non-hydrogen) atoms. The van der Waals surface area contributed by atoms with Crippen LogP contribution in [0.2, 0.25) is 0 Å². The van der Waals surface area contributed by atoms with Crippen molar-refractivity contribution >= 4 is 16.8 Å². The van der Waals surface area contributed by atoms with E-state index in [2.05, 4.69) is 20.6 Å². The fourth-order valence-electron chi connectivity index (χ4n) is 2.64. The largest absolute Gasteiger partial charge is 0.497 e. The van der Waals surface area contributed by atoms with Crippen molar-refractivity contribution in [1.29, 1.82) is 0 Å². The minimum atomic E-state index is -0.115. The second-order valence-corrected chi connectivity index (χ2v) is 5.23. The Hall–Kier alpha value is -3.48. The molecule has 1 N–H and O–H groups in total. The van der Waals surface area contributed by atoms with Gasteiger partial charge in [0.25, 0.3) is 5.91 Å². The first-order valence-corrected chi connectivity index (χ1v) is 7.30. The van der Waals surface area contributed by atoms with E-state index in [4.69, 9.17) is 4.74 Å². The number of carbonyl (C=O) groups excluding carboxylic acids is 1. The summed E-state index contributed by atoms with van der Waals surface area (Å²) in [5.74, 6) is 1.05. The molecule has 7 nitrogen and oxygen atoms in total. The number of methoxy groups -OCH3 is 1. The molecule has 4 rings (SSSR count). The van der Waals surface area contributed by atoms with Gasteiger partial charge < -0.3 is 4.74 Å². The summed E-state index contributed by atoms with van der Waals surface area (Å²) in [7, 11) is 1.58. The molecule has 0 fully saturated rings. The first-order chi connectivity index (χ1) is 11.8. The van der Waals surface area contributed by atoms with Crippen molar-refractivity contribution in [2.75, 3.05) is 7.11 Å². The van der Waals surface area contributed by atoms with Crippen LogP contribution in [-0.4, -0.2) is 38.2 Å². The number of aromatic nitrogens is 5. The maximum atomic E-state index is 12.8. The Kier molecular flexibility index (Phi) is 3.31. The topological polar surface area (TPSA) is 85.7 Å². The number of benzene rings is 2. The summed E-state index contributed by atoms with van der Waals surface area (Å²) in [4.78, 5) is 12.8. The van der Waals surface area contributed by atoms with Crippen molar-refractivity contribution in [3.8, 4) is 17.1 Å². The molecule has 0 unspecified atom stereocenters. The number of hydrogen-bond donors (Lipinski definition) is 1. The third-order valence-electron chi connectivity index (χ3n) is 3.83. The molecule has 7 heteroatoms. The summed E-state index contributed by atoms with van der Waals surface area (Å²) < 4.78 is 6.80. The molecule has 0 aliphatic rings. The zero-order chi connectivity index (χ0) is 16.5. The molecule has 0 radical (unpaired) electrons. The first-order valence-electron chi connectivity index (χ1n) is 7.30. The van der Waals surface area contributed by atoms with E-state index >= 15 is 0 Å². The number of tetrazole rings is 1. The lowest BCUT2D eigenvalue weighted by Gasteiger charge is -2.06. The molecule has 0 saturated heterocycles. The Bertz CT molecular complexity index is 1020. The average molecular weight is 319 g/mol. The highest BCUT2D eigenvalue weighted by atomic mass is 16.5. The van der Waals surface area contributed by atoms with E-state index in [1.165, 1.54) is 0 Å². The molecule has 0 spiro atoms. The zero-order valence-electron chi connectivity index (χ0n) is 12.8. The molecule has 0 aliphatic carbocycles. The van der Waals surface area contributed by atoms with E-state index in [0.29, 0.717) is 17.1 Å². The highest BCUT2D eigenvalue weighted by Gasteiger charge is 2.13. The molecule has 0 aliphatic heterocycles. The average Bonchev–Trinajstić information content (AvgIpc) is 3.30. The van der Waals surface area contributed by atoms with E-state index in [9.17, 15) is 4.79 Å². The Labute approximate surface area is 136 Å². The van der Waals surface area contributed by atoms with Crippen LogP contribution in [0.1, 0.15) is 10.4 Å². The predicted molar refractivity (Wildman–Crippen MR) is 87.8 cm³/mol. The quantitative estimate of drug-likeness (QED) is 0.627. The Balaban J connectivity index is 1.76. The van der Waals surface area contributed by atoms with Gasteiger partial charge in [0.05, 0.1) is 12.6 Å². The maximum absolute atomic E-state index is 12.8. The lowest BCUT2D eigenvalue weighted by molar-refractivity contribution is 0.0964. The van der Waals surface area contributed by atoms with Crippen molar-refractivity contribution in [2.24, 2.45) is 0 Å². The summed E-state index contributed by atoms with van der Waals surface area (Å²) in [5.41, 5.74) is 2.21. The minimum absolute atomic E-state index is 0.115. The molecule has 2 aromatic carbocycles. The maximum Gasteiger partial charge on any atom is 0.262 e. The van der Waals surface area contributed by atoms with Crippen molar-refractivity contribution in [3.05, 3.63) is 60.3 Å². The number of nitrogens with one attached hydrogen (secondary N) is 1. The fraction of sp³-hybridized carbons (Fsp3) is 0.0588. The third kappa shape index (κ3) is 2.32. The smallest absolute Gasteiger partial charge is 0.262 e. The van der Waals surface area contributed by atoms with Crippen molar-refractivity contribution < 1.29 is 9.53 Å². The highest BCUT2D eigenvalue weighted by molar-refractivity contribution is 6.02. The normalized spacial score (nSPS) is 10.9. The van der Waals surface area contributed by atoms with E-state index < -0.39 is 0 Å². The second kappa shape index (κ2) is 5.62. The number of aromatic amines is 1. The summed E-state index contributed by atoms with van der Waals surface area (Å²) in [6.45, 7) is 0. The Morgan fingerprint density at radius 3 is 2.88 bits per heavy atom. The van der Waals surface area contributed by atoms with Crippen LogP contribution in [0, 0.1) is 0 Å². The number of nitrogens with zero attached hydrogens (tertiary/aromatic N) is 4. The molecule has 0 atom stereocenters. The summed E-state index contributed by atoms with van der Waals surface area (Å²) >= 11 is 0. The molecule has 0 amide bonds. The van der Waals surface area contributed by atoms with Gasteiger partial charge in [-0.05, 0) is 47.7 Å². The first kappa shape index (κ1) is 14.1. The zero-order valence-corrected chi connectivity index (χ0v) is 12.8. The monoisotopic (exact) mass is 319 g/mol. The van der Waals surface area contributed by atoms with Crippen LogP contribution in [0.25, 0.3) is 22.3 Å². The SMILES string of the molecule is COc1cccc(C(=O)n2ccc3cc(-c4nn[nH]n4)ccc32)c1. The number of hydrogen-bond acceptors (Lipinski definition) is 5. The summed E-state index contributed by atoms with van der Waals surface area (Å²) in [5, 5.41) is 14.8. The van der Waals surface area contributed by atoms with E-state index in [1.807, 2.05) is 30.3 Å². The number of rotatable bonds is 3. The van der Waals surface area contributed by atoms with Crippen molar-refractivity contribution in [3.63, 3.8) is 0 Å². The van der Waals surface area contributed by atoms with Gasteiger partial charge in [0.1, 0.15) is 5.75 Å². The number of H-pyrrole nitrogens is 1. The van der Waals surface area contributed by atoms with Crippen LogP contribution in [0.15, 0.2) is 54.7 Å². The lowest BCUT2D eigenvalue weighted by Crippen LogP contribution is -2.10. The minimum Gasteiger partial charge on any atom is -0.497 e. The molecule has 0 saturated carbocycles. The van der Waals surface area contributed by atoms with Gasteiger partial charge in [0.2, 0.25) is 5.82 Å². The standard InChI is InChI=1S/C17H13N5O2/c1-24-14-4-2-3-13(10-14)17(23)22-8-7-11-9-12(5-6-15(11)22)16-18-20-21-19-16/h2-10H,1H3,(H,18,19,20,21). The lowest BCUT2D eigenvalue weighted by atomic mass is 10.1. The molecule has 2 heterocycles. The molecule has 118 valence electrons. The number of fused-ring (bicyclic) bond motifs is 1. The van der Waals surface area contributed by atoms with Gasteiger partial charge in [-0.25, -0.2) is 0 Å². The number of ether oxygens (including phenoxy) is 1. The van der Waals surface area contributed by atoms with Crippen LogP contribution in [0.3, 0.4) is 0 Å². The van der Waals surface area contributed by atoms with E-state index in [0.717, 1.165) is 16.5 Å². The van der Waals surface area contributed by atoms with Crippen molar-refractivity contribution in [2.45, 2.75) is 0 Å².